The number of carbonyl (C=O) groups excluding carboxylic acids is 2. The third-order valence-corrected chi connectivity index (χ3v) is 4.33. The molecule has 9 heteroatoms. The summed E-state index contributed by atoms with van der Waals surface area (Å²) in [4.78, 5) is 24.6. The number of rotatable bonds is 2. The first kappa shape index (κ1) is 16.0. The van der Waals surface area contributed by atoms with Crippen LogP contribution in [0.1, 0.15) is 16.6 Å². The molecular weight excluding hydrogens is 332 g/mol. The van der Waals surface area contributed by atoms with E-state index in [1.165, 1.54) is 18.3 Å². The smallest absolute Gasteiger partial charge is 0.284 e. The Morgan fingerprint density at radius 2 is 1.58 bits per heavy atom. The average Bonchev–Trinajstić information content (AvgIpc) is 3.12. The van der Waals surface area contributed by atoms with Crippen molar-refractivity contribution < 1.29 is 20.0 Å². The minimum Gasteiger partial charge on any atom is -0.284 e. The predicted molar refractivity (Wildman–Crippen MR) is 87.6 cm³/mol. The third-order valence-electron chi connectivity index (χ3n) is 3.46. The van der Waals surface area contributed by atoms with Crippen molar-refractivity contribution in [1.29, 1.82) is 0 Å². The number of benzene rings is 1. The number of hydrogen-bond acceptors (Lipinski definition) is 7. The molecule has 0 saturated carbocycles. The third kappa shape index (κ3) is 2.71. The maximum Gasteiger partial charge on any atom is 0.290 e. The van der Waals surface area contributed by atoms with Gasteiger partial charge in [-0.3, -0.25) is 30.9 Å². The Morgan fingerprint density at radius 3 is 2.21 bits per heavy atom. The van der Waals surface area contributed by atoms with Crippen LogP contribution in [0.3, 0.4) is 0 Å². The Balaban J connectivity index is 1.79. The van der Waals surface area contributed by atoms with E-state index in [1.54, 1.807) is 41.8 Å². The molecule has 1 aliphatic rings. The van der Waals surface area contributed by atoms with E-state index in [4.69, 9.17) is 0 Å². The summed E-state index contributed by atoms with van der Waals surface area (Å²) in [5.41, 5.74) is 4.96. The van der Waals surface area contributed by atoms with Gasteiger partial charge in [-0.05, 0) is 30.5 Å². The highest BCUT2D eigenvalue weighted by Crippen LogP contribution is 2.37. The van der Waals surface area contributed by atoms with Gasteiger partial charge < -0.3 is 0 Å². The molecule has 2 amide bonds. The second-order valence-corrected chi connectivity index (χ2v) is 5.88. The first-order valence-corrected chi connectivity index (χ1v) is 7.80. The molecule has 4 N–H and O–H groups in total. The Kier molecular flexibility index (Phi) is 4.21. The molecule has 1 aliphatic heterocycles. The number of fused-ring (bicyclic) bond motifs is 1. The van der Waals surface area contributed by atoms with Crippen LogP contribution in [0.5, 0.6) is 0 Å². The molecule has 3 rings (SSSR count). The number of allylic oxidation sites excluding steroid dienone is 1. The molecule has 0 saturated heterocycles. The molecule has 2 heterocycles. The largest absolute Gasteiger partial charge is 0.290 e. The highest BCUT2D eigenvalue weighted by atomic mass is 32.1. The van der Waals surface area contributed by atoms with Gasteiger partial charge in [-0.25, -0.2) is 10.1 Å². The number of thiophene rings is 1. The quantitative estimate of drug-likeness (QED) is 0.619. The minimum absolute atomic E-state index is 0.110. The van der Waals surface area contributed by atoms with Crippen LogP contribution in [-0.4, -0.2) is 22.2 Å². The van der Waals surface area contributed by atoms with Gasteiger partial charge in [0.25, 0.3) is 11.8 Å². The van der Waals surface area contributed by atoms with Gasteiger partial charge in [-0.2, -0.15) is 0 Å². The first-order chi connectivity index (χ1) is 11.5. The standard InChI is InChI=1S/C15H14N4O4S/c1-9-13(15(21)17-16-14(20)12-7-4-8-24-12)19(23)11-6-3-2-5-10(11)18(9)22/h2-8,22-23H,1H3,(H,16,20)(H,17,21). The fourth-order valence-corrected chi connectivity index (χ4v) is 2.90. The van der Waals surface area contributed by atoms with Crippen molar-refractivity contribution in [2.75, 3.05) is 10.1 Å². The molecule has 0 unspecified atom stereocenters. The first-order valence-electron chi connectivity index (χ1n) is 6.93. The summed E-state index contributed by atoms with van der Waals surface area (Å²) in [6.07, 6.45) is 0. The van der Waals surface area contributed by atoms with Crippen LogP contribution in [0.15, 0.2) is 53.2 Å². The highest BCUT2D eigenvalue weighted by Gasteiger charge is 2.31. The lowest BCUT2D eigenvalue weighted by Crippen LogP contribution is -2.47. The fraction of sp³-hybridized carbons (Fsp3) is 0.0667. The number of nitrogens with one attached hydrogen (secondary N) is 2. The maximum absolute atomic E-state index is 12.3. The summed E-state index contributed by atoms with van der Waals surface area (Å²) >= 11 is 1.23. The number of nitrogens with zero attached hydrogens (tertiary/aromatic N) is 2. The van der Waals surface area contributed by atoms with Gasteiger partial charge in [0.1, 0.15) is 0 Å². The molecule has 24 heavy (non-hydrogen) atoms. The van der Waals surface area contributed by atoms with Gasteiger partial charge in [-0.1, -0.05) is 18.2 Å². The zero-order valence-corrected chi connectivity index (χ0v) is 13.4. The Morgan fingerprint density at radius 1 is 0.958 bits per heavy atom. The van der Waals surface area contributed by atoms with E-state index in [0.29, 0.717) is 15.6 Å². The minimum atomic E-state index is -0.770. The number of hydroxylamine groups is 2. The van der Waals surface area contributed by atoms with Gasteiger partial charge in [0.05, 0.1) is 21.9 Å². The van der Waals surface area contributed by atoms with Crippen molar-refractivity contribution in [2.45, 2.75) is 6.92 Å². The van der Waals surface area contributed by atoms with E-state index in [0.717, 1.165) is 5.06 Å². The van der Waals surface area contributed by atoms with Crippen LogP contribution in [0.2, 0.25) is 0 Å². The molecule has 0 fully saturated rings. The predicted octanol–water partition coefficient (Wildman–Crippen LogP) is 1.85. The Labute approximate surface area is 141 Å². The van der Waals surface area contributed by atoms with E-state index < -0.39 is 11.8 Å². The van der Waals surface area contributed by atoms with E-state index in [2.05, 4.69) is 10.9 Å². The number of carbonyl (C=O) groups is 2. The van der Waals surface area contributed by atoms with Gasteiger partial charge in [-0.15, -0.1) is 11.3 Å². The van der Waals surface area contributed by atoms with Crippen molar-refractivity contribution >= 4 is 34.5 Å². The lowest BCUT2D eigenvalue weighted by Gasteiger charge is -2.33. The van der Waals surface area contributed by atoms with Crippen LogP contribution >= 0.6 is 11.3 Å². The molecular formula is C15H14N4O4S. The lowest BCUT2D eigenvalue weighted by molar-refractivity contribution is -0.119. The van der Waals surface area contributed by atoms with Crippen LogP contribution < -0.4 is 21.0 Å². The van der Waals surface area contributed by atoms with E-state index in [1.807, 2.05) is 0 Å². The SMILES string of the molecule is CC1=C(C(=O)NNC(=O)c2cccs2)N(O)c2ccccc2N1O. The monoisotopic (exact) mass is 346 g/mol. The van der Waals surface area contributed by atoms with Crippen molar-refractivity contribution in [3.05, 3.63) is 58.0 Å². The van der Waals surface area contributed by atoms with E-state index in [-0.39, 0.29) is 17.1 Å². The van der Waals surface area contributed by atoms with Crippen molar-refractivity contribution in [1.82, 2.24) is 10.9 Å². The summed E-state index contributed by atoms with van der Waals surface area (Å²) < 4.78 is 0. The van der Waals surface area contributed by atoms with Crippen molar-refractivity contribution in [2.24, 2.45) is 0 Å². The van der Waals surface area contributed by atoms with Gasteiger partial charge >= 0.3 is 0 Å². The van der Waals surface area contributed by atoms with E-state index in [9.17, 15) is 20.0 Å². The fourth-order valence-electron chi connectivity index (χ4n) is 2.28. The Hall–Kier alpha value is -2.88. The number of anilines is 2. The second kappa shape index (κ2) is 6.32. The van der Waals surface area contributed by atoms with Gasteiger partial charge in [0.15, 0.2) is 5.70 Å². The molecule has 1 aromatic carbocycles. The molecule has 1 aromatic heterocycles. The van der Waals surface area contributed by atoms with E-state index >= 15 is 0 Å². The molecule has 124 valence electrons. The summed E-state index contributed by atoms with van der Waals surface area (Å²) in [7, 11) is 0. The molecule has 0 atom stereocenters. The van der Waals surface area contributed by atoms with Gasteiger partial charge in [0.2, 0.25) is 0 Å². The zero-order chi connectivity index (χ0) is 17.3. The topological polar surface area (TPSA) is 105 Å². The molecule has 2 aromatic rings. The van der Waals surface area contributed by atoms with Crippen LogP contribution in [0, 0.1) is 0 Å². The summed E-state index contributed by atoms with van der Waals surface area (Å²) in [5, 5.41) is 23.7. The Bertz CT molecular complexity index is 819. The maximum atomic E-state index is 12.3. The second-order valence-electron chi connectivity index (χ2n) is 4.93. The molecule has 0 radical (unpaired) electrons. The number of para-hydroxylation sites is 2. The molecule has 0 aliphatic carbocycles. The van der Waals surface area contributed by atoms with Crippen molar-refractivity contribution in [3.8, 4) is 0 Å². The lowest BCUT2D eigenvalue weighted by atomic mass is 10.1. The molecule has 0 bridgehead atoms. The molecule has 0 spiro atoms. The number of hydrazine groups is 1. The van der Waals surface area contributed by atoms with Crippen LogP contribution in [0.4, 0.5) is 11.4 Å². The normalized spacial score (nSPS) is 13.6. The summed E-state index contributed by atoms with van der Waals surface area (Å²) in [5.74, 6) is -1.24. The highest BCUT2D eigenvalue weighted by molar-refractivity contribution is 7.12. The average molecular weight is 346 g/mol. The summed E-state index contributed by atoms with van der Waals surface area (Å²) in [6, 6.07) is 9.81. The van der Waals surface area contributed by atoms with Gasteiger partial charge in [0, 0.05) is 0 Å². The van der Waals surface area contributed by atoms with Crippen LogP contribution in [0.25, 0.3) is 0 Å². The van der Waals surface area contributed by atoms with Crippen LogP contribution in [-0.2, 0) is 4.79 Å². The summed E-state index contributed by atoms with van der Waals surface area (Å²) in [6.45, 7) is 1.47. The zero-order valence-electron chi connectivity index (χ0n) is 12.6. The van der Waals surface area contributed by atoms with Crippen molar-refractivity contribution in [3.63, 3.8) is 0 Å². The number of hydrogen-bond donors (Lipinski definition) is 4. The number of amides is 2. The molecule has 8 nitrogen and oxygen atoms in total.